The van der Waals surface area contributed by atoms with Crippen LogP contribution in [0, 0.1) is 20.8 Å². The van der Waals surface area contributed by atoms with Gasteiger partial charge in [-0.25, -0.2) is 0 Å². The first-order valence-electron chi connectivity index (χ1n) is 5.03. The van der Waals surface area contributed by atoms with Gasteiger partial charge in [0.1, 0.15) is 5.78 Å². The van der Waals surface area contributed by atoms with Crippen LogP contribution in [0.2, 0.25) is 0 Å². The summed E-state index contributed by atoms with van der Waals surface area (Å²) in [5.41, 5.74) is 3.74. The van der Waals surface area contributed by atoms with Crippen molar-refractivity contribution < 1.29 is 9.59 Å². The molecule has 1 aromatic rings. The molecule has 0 heterocycles. The second-order valence-corrected chi connectivity index (χ2v) is 4.00. The Morgan fingerprint density at radius 2 is 1.60 bits per heavy atom. The first kappa shape index (κ1) is 11.6. The van der Waals surface area contributed by atoms with Gasteiger partial charge >= 0.3 is 0 Å². The molecule has 0 aliphatic rings. The SMILES string of the molecule is CC(=O)CC(=O)c1c(C)ccc(C)c1C. The van der Waals surface area contributed by atoms with Gasteiger partial charge in [-0.2, -0.15) is 0 Å². The molecule has 15 heavy (non-hydrogen) atoms. The van der Waals surface area contributed by atoms with Gasteiger partial charge in [-0.05, 0) is 44.4 Å². The summed E-state index contributed by atoms with van der Waals surface area (Å²) >= 11 is 0. The first-order chi connectivity index (χ1) is 6.93. The summed E-state index contributed by atoms with van der Waals surface area (Å²) in [5.74, 6) is -0.151. The van der Waals surface area contributed by atoms with Crippen molar-refractivity contribution in [1.82, 2.24) is 0 Å². The molecule has 0 radical (unpaired) electrons. The molecule has 0 bridgehead atoms. The Bertz CT molecular complexity index is 417. The number of rotatable bonds is 3. The maximum atomic E-state index is 11.8. The highest BCUT2D eigenvalue weighted by molar-refractivity contribution is 6.09. The van der Waals surface area contributed by atoms with Crippen LogP contribution in [0.5, 0.6) is 0 Å². The van der Waals surface area contributed by atoms with Crippen LogP contribution in [0.3, 0.4) is 0 Å². The number of benzene rings is 1. The predicted octanol–water partition coefficient (Wildman–Crippen LogP) is 2.77. The number of hydrogen-bond donors (Lipinski definition) is 0. The molecule has 0 atom stereocenters. The van der Waals surface area contributed by atoms with E-state index >= 15 is 0 Å². The summed E-state index contributed by atoms with van der Waals surface area (Å²) in [7, 11) is 0. The molecule has 1 rings (SSSR count). The van der Waals surface area contributed by atoms with Crippen LogP contribution in [0.4, 0.5) is 0 Å². The van der Waals surface area contributed by atoms with Gasteiger partial charge in [-0.1, -0.05) is 12.1 Å². The van der Waals surface area contributed by atoms with E-state index < -0.39 is 0 Å². The molecule has 1 aromatic carbocycles. The highest BCUT2D eigenvalue weighted by Gasteiger charge is 2.14. The highest BCUT2D eigenvalue weighted by Crippen LogP contribution is 2.19. The third-order valence-electron chi connectivity index (χ3n) is 2.63. The van der Waals surface area contributed by atoms with E-state index in [-0.39, 0.29) is 18.0 Å². The van der Waals surface area contributed by atoms with E-state index in [1.807, 2.05) is 32.9 Å². The lowest BCUT2D eigenvalue weighted by molar-refractivity contribution is -0.116. The Balaban J connectivity index is 3.18. The van der Waals surface area contributed by atoms with Crippen LogP contribution < -0.4 is 0 Å². The minimum Gasteiger partial charge on any atom is -0.300 e. The van der Waals surface area contributed by atoms with Crippen LogP contribution in [0.15, 0.2) is 12.1 Å². The van der Waals surface area contributed by atoms with Gasteiger partial charge in [0.25, 0.3) is 0 Å². The minimum absolute atomic E-state index is 0.00509. The van der Waals surface area contributed by atoms with E-state index in [2.05, 4.69) is 0 Å². The topological polar surface area (TPSA) is 34.1 Å². The van der Waals surface area contributed by atoms with Gasteiger partial charge in [0.2, 0.25) is 0 Å². The maximum absolute atomic E-state index is 11.8. The summed E-state index contributed by atoms with van der Waals surface area (Å²) in [6, 6.07) is 3.92. The molecular formula is C13H16O2. The Kier molecular flexibility index (Phi) is 3.40. The van der Waals surface area contributed by atoms with Crippen molar-refractivity contribution in [3.63, 3.8) is 0 Å². The second-order valence-electron chi connectivity index (χ2n) is 4.00. The Hall–Kier alpha value is -1.44. The Labute approximate surface area is 90.3 Å². The van der Waals surface area contributed by atoms with Crippen LogP contribution in [0.25, 0.3) is 0 Å². The predicted molar refractivity (Wildman–Crippen MR) is 60.3 cm³/mol. The molecule has 0 spiro atoms. The molecule has 0 amide bonds. The van der Waals surface area contributed by atoms with Gasteiger partial charge < -0.3 is 0 Å². The standard InChI is InChI=1S/C13H16O2/c1-8-5-6-9(2)13(11(8)4)12(15)7-10(3)14/h5-6H,7H2,1-4H3. The van der Waals surface area contributed by atoms with Gasteiger partial charge in [-0.15, -0.1) is 0 Å². The maximum Gasteiger partial charge on any atom is 0.170 e. The first-order valence-corrected chi connectivity index (χ1v) is 5.03. The second kappa shape index (κ2) is 4.39. The summed E-state index contributed by atoms with van der Waals surface area (Å²) in [4.78, 5) is 22.7. The summed E-state index contributed by atoms with van der Waals surface area (Å²) in [5, 5.41) is 0. The normalized spacial score (nSPS) is 10.1. The van der Waals surface area contributed by atoms with E-state index in [0.29, 0.717) is 5.56 Å². The molecule has 80 valence electrons. The lowest BCUT2D eigenvalue weighted by atomic mass is 9.93. The molecule has 0 N–H and O–H groups in total. The average molecular weight is 204 g/mol. The van der Waals surface area contributed by atoms with Crippen molar-refractivity contribution in [2.24, 2.45) is 0 Å². The fourth-order valence-electron chi connectivity index (χ4n) is 1.69. The molecule has 0 unspecified atom stereocenters. The lowest BCUT2D eigenvalue weighted by Crippen LogP contribution is -2.09. The molecular weight excluding hydrogens is 188 g/mol. The lowest BCUT2D eigenvalue weighted by Gasteiger charge is -2.10. The third kappa shape index (κ3) is 2.52. The van der Waals surface area contributed by atoms with Gasteiger partial charge in [0, 0.05) is 5.56 Å². The largest absolute Gasteiger partial charge is 0.300 e. The van der Waals surface area contributed by atoms with Crippen molar-refractivity contribution in [1.29, 1.82) is 0 Å². The van der Waals surface area contributed by atoms with E-state index in [1.54, 1.807) is 0 Å². The van der Waals surface area contributed by atoms with Crippen molar-refractivity contribution >= 4 is 11.6 Å². The fraction of sp³-hybridized carbons (Fsp3) is 0.385. The van der Waals surface area contributed by atoms with Crippen molar-refractivity contribution in [3.05, 3.63) is 34.4 Å². The molecule has 0 aliphatic carbocycles. The molecule has 0 aromatic heterocycles. The zero-order chi connectivity index (χ0) is 11.6. The van der Waals surface area contributed by atoms with E-state index in [9.17, 15) is 9.59 Å². The Morgan fingerprint density at radius 3 is 2.13 bits per heavy atom. The van der Waals surface area contributed by atoms with Crippen molar-refractivity contribution in [2.45, 2.75) is 34.1 Å². The Morgan fingerprint density at radius 1 is 1.07 bits per heavy atom. The van der Waals surface area contributed by atoms with Crippen LogP contribution in [0.1, 0.15) is 40.4 Å². The monoisotopic (exact) mass is 204 g/mol. The number of aryl methyl sites for hydroxylation is 2. The summed E-state index contributed by atoms with van der Waals surface area (Å²) in [6.45, 7) is 7.24. The highest BCUT2D eigenvalue weighted by atomic mass is 16.1. The number of carbonyl (C=O) groups is 2. The van der Waals surface area contributed by atoms with E-state index in [0.717, 1.165) is 16.7 Å². The zero-order valence-electron chi connectivity index (χ0n) is 9.68. The molecule has 2 heteroatoms. The average Bonchev–Trinajstić information content (AvgIpc) is 2.11. The van der Waals surface area contributed by atoms with Gasteiger partial charge in [0.15, 0.2) is 5.78 Å². The smallest absolute Gasteiger partial charge is 0.170 e. The van der Waals surface area contributed by atoms with Crippen LogP contribution in [-0.2, 0) is 4.79 Å². The molecule has 2 nitrogen and oxygen atoms in total. The number of hydrogen-bond acceptors (Lipinski definition) is 2. The van der Waals surface area contributed by atoms with Crippen LogP contribution >= 0.6 is 0 Å². The summed E-state index contributed by atoms with van der Waals surface area (Å²) < 4.78 is 0. The van der Waals surface area contributed by atoms with Gasteiger partial charge in [0.05, 0.1) is 6.42 Å². The van der Waals surface area contributed by atoms with E-state index in [4.69, 9.17) is 0 Å². The number of Topliss-reactive ketones (excluding diaryl/α,β-unsaturated/α-hetero) is 2. The molecule has 0 saturated carbocycles. The summed E-state index contributed by atoms with van der Waals surface area (Å²) in [6.07, 6.45) is 0.00509. The quantitative estimate of drug-likeness (QED) is 0.560. The molecule has 0 saturated heterocycles. The zero-order valence-corrected chi connectivity index (χ0v) is 9.68. The number of carbonyl (C=O) groups excluding carboxylic acids is 2. The van der Waals surface area contributed by atoms with Crippen molar-refractivity contribution in [3.8, 4) is 0 Å². The van der Waals surface area contributed by atoms with Crippen molar-refractivity contribution in [2.75, 3.05) is 0 Å². The molecule has 0 aliphatic heterocycles. The third-order valence-corrected chi connectivity index (χ3v) is 2.63. The molecule has 0 fully saturated rings. The fourth-order valence-corrected chi connectivity index (χ4v) is 1.69. The van der Waals surface area contributed by atoms with Crippen LogP contribution in [-0.4, -0.2) is 11.6 Å². The van der Waals surface area contributed by atoms with E-state index in [1.165, 1.54) is 6.92 Å². The van der Waals surface area contributed by atoms with Gasteiger partial charge in [-0.3, -0.25) is 9.59 Å². The minimum atomic E-state index is -0.0830. The number of ketones is 2.